The Balaban J connectivity index is 1.63. The van der Waals surface area contributed by atoms with Crippen molar-refractivity contribution >= 4 is 27.4 Å². The summed E-state index contributed by atoms with van der Waals surface area (Å²) in [5.41, 5.74) is 1.30. The van der Waals surface area contributed by atoms with E-state index in [1.54, 1.807) is 19.1 Å². The highest BCUT2D eigenvalue weighted by atomic mass is 32.2. The maximum absolute atomic E-state index is 13.4. The minimum Gasteiger partial charge on any atom is -0.463 e. The molecule has 1 atom stereocenters. The van der Waals surface area contributed by atoms with Gasteiger partial charge in [-0.2, -0.15) is 0 Å². The van der Waals surface area contributed by atoms with E-state index in [0.29, 0.717) is 51.6 Å². The maximum Gasteiger partial charge on any atom is 0.335 e. The molecule has 4 rings (SSSR count). The molecule has 1 N–H and O–H groups in total. The molecule has 31 heavy (non-hydrogen) atoms. The van der Waals surface area contributed by atoms with Crippen LogP contribution in [0.1, 0.15) is 19.8 Å². The molecule has 170 valence electrons. The summed E-state index contributed by atoms with van der Waals surface area (Å²) in [5.74, 6) is -1.72. The van der Waals surface area contributed by atoms with Crippen molar-refractivity contribution in [3.63, 3.8) is 0 Å². The van der Waals surface area contributed by atoms with Crippen LogP contribution in [0.5, 0.6) is 0 Å². The van der Waals surface area contributed by atoms with Crippen LogP contribution >= 0.6 is 0 Å². The van der Waals surface area contributed by atoms with Gasteiger partial charge in [-0.3, -0.25) is 4.72 Å². The summed E-state index contributed by atoms with van der Waals surface area (Å²) in [6, 6.07) is 7.25. The fourth-order valence-electron chi connectivity index (χ4n) is 4.18. The zero-order valence-corrected chi connectivity index (χ0v) is 18.4. The van der Waals surface area contributed by atoms with Crippen molar-refractivity contribution in [3.05, 3.63) is 35.9 Å². The largest absolute Gasteiger partial charge is 0.463 e. The maximum atomic E-state index is 13.4. The Bertz CT molecular complexity index is 935. The Morgan fingerprint density at radius 3 is 2.61 bits per heavy atom. The summed E-state index contributed by atoms with van der Waals surface area (Å²) in [5, 5.41) is -1.07. The van der Waals surface area contributed by atoms with E-state index in [4.69, 9.17) is 18.9 Å². The van der Waals surface area contributed by atoms with Crippen LogP contribution in [-0.4, -0.2) is 71.5 Å². The van der Waals surface area contributed by atoms with E-state index >= 15 is 0 Å². The molecule has 2 saturated heterocycles. The van der Waals surface area contributed by atoms with Crippen LogP contribution in [0.15, 0.2) is 35.9 Å². The van der Waals surface area contributed by atoms with Crippen molar-refractivity contribution in [1.29, 1.82) is 0 Å². The van der Waals surface area contributed by atoms with Crippen LogP contribution in [0.4, 0.5) is 11.4 Å². The fourth-order valence-corrected chi connectivity index (χ4v) is 5.73. The van der Waals surface area contributed by atoms with Crippen LogP contribution in [0.25, 0.3) is 0 Å². The van der Waals surface area contributed by atoms with E-state index in [1.807, 2.05) is 12.1 Å². The van der Waals surface area contributed by atoms with Gasteiger partial charge in [0, 0.05) is 19.5 Å². The second kappa shape index (κ2) is 9.15. The zero-order valence-electron chi connectivity index (χ0n) is 17.5. The number of nitrogens with one attached hydrogen (secondary N) is 1. The van der Waals surface area contributed by atoms with Gasteiger partial charge in [-0.25, -0.2) is 13.2 Å². The third kappa shape index (κ3) is 4.72. The predicted molar refractivity (Wildman–Crippen MR) is 114 cm³/mol. The molecule has 9 nitrogen and oxygen atoms in total. The lowest BCUT2D eigenvalue weighted by Gasteiger charge is -2.34. The number of carbonyl (C=O) groups excluding carboxylic acids is 1. The van der Waals surface area contributed by atoms with E-state index in [0.717, 1.165) is 5.69 Å². The first-order chi connectivity index (χ1) is 14.9. The summed E-state index contributed by atoms with van der Waals surface area (Å²) < 4.78 is 51.5. The van der Waals surface area contributed by atoms with Crippen molar-refractivity contribution in [2.75, 3.05) is 55.7 Å². The zero-order chi connectivity index (χ0) is 21.9. The Morgan fingerprint density at radius 2 is 1.90 bits per heavy atom. The average molecular weight is 453 g/mol. The number of rotatable bonds is 6. The van der Waals surface area contributed by atoms with E-state index < -0.39 is 27.0 Å². The molecular weight excluding hydrogens is 424 g/mol. The Morgan fingerprint density at radius 1 is 1.19 bits per heavy atom. The Hall–Kier alpha value is -2.14. The highest BCUT2D eigenvalue weighted by Crippen LogP contribution is 2.38. The molecule has 0 amide bonds. The highest BCUT2D eigenvalue weighted by Gasteiger charge is 2.46. The summed E-state index contributed by atoms with van der Waals surface area (Å²) in [7, 11) is -3.94. The lowest BCUT2D eigenvalue weighted by Crippen LogP contribution is -2.42. The van der Waals surface area contributed by atoms with Gasteiger partial charge in [0.2, 0.25) is 10.0 Å². The van der Waals surface area contributed by atoms with Gasteiger partial charge in [-0.05, 0) is 31.6 Å². The van der Waals surface area contributed by atoms with Crippen LogP contribution in [-0.2, 0) is 33.8 Å². The van der Waals surface area contributed by atoms with Crippen molar-refractivity contribution in [1.82, 2.24) is 0 Å². The number of hydrogen-bond acceptors (Lipinski definition) is 8. The number of nitrogens with zero attached hydrogens (tertiary/aromatic N) is 1. The minimum atomic E-state index is -3.94. The highest BCUT2D eigenvalue weighted by molar-refractivity contribution is 7.93. The number of ether oxygens (including phenoxy) is 4. The molecule has 1 aromatic carbocycles. The topological polar surface area (TPSA) is 103 Å². The first kappa shape index (κ1) is 22.1. The number of benzene rings is 1. The molecule has 0 aromatic heterocycles. The summed E-state index contributed by atoms with van der Waals surface area (Å²) >= 11 is 0. The molecule has 1 aliphatic carbocycles. The van der Waals surface area contributed by atoms with Gasteiger partial charge in [0.1, 0.15) is 5.25 Å². The molecular formula is C21H28N2O7S. The van der Waals surface area contributed by atoms with Gasteiger partial charge in [0.05, 0.1) is 50.0 Å². The van der Waals surface area contributed by atoms with Crippen molar-refractivity contribution in [2.24, 2.45) is 0 Å². The number of carbonyl (C=O) groups is 1. The number of para-hydroxylation sites is 2. The van der Waals surface area contributed by atoms with Gasteiger partial charge in [-0.15, -0.1) is 0 Å². The van der Waals surface area contributed by atoms with E-state index in [1.165, 1.54) is 6.08 Å². The van der Waals surface area contributed by atoms with Crippen molar-refractivity contribution < 1.29 is 32.2 Å². The summed E-state index contributed by atoms with van der Waals surface area (Å²) in [6.07, 6.45) is 2.01. The lowest BCUT2D eigenvalue weighted by molar-refractivity contribution is -0.143. The molecule has 1 aromatic rings. The lowest BCUT2D eigenvalue weighted by atomic mass is 9.94. The van der Waals surface area contributed by atoms with Crippen LogP contribution in [0, 0.1) is 0 Å². The molecule has 0 radical (unpaired) electrons. The summed E-state index contributed by atoms with van der Waals surface area (Å²) in [6.45, 7) is 5.14. The summed E-state index contributed by atoms with van der Waals surface area (Å²) in [4.78, 5) is 14.7. The molecule has 3 aliphatic rings. The minimum absolute atomic E-state index is 0.0475. The number of morpholine rings is 1. The average Bonchev–Trinajstić information content (AvgIpc) is 3.22. The molecule has 1 spiro atoms. The van der Waals surface area contributed by atoms with Crippen molar-refractivity contribution in [2.45, 2.75) is 30.8 Å². The van der Waals surface area contributed by atoms with E-state index in [9.17, 15) is 13.2 Å². The number of hydrogen-bond donors (Lipinski definition) is 1. The van der Waals surface area contributed by atoms with E-state index in [-0.39, 0.29) is 18.6 Å². The molecule has 0 saturated carbocycles. The molecule has 0 bridgehead atoms. The number of anilines is 2. The predicted octanol–water partition coefficient (Wildman–Crippen LogP) is 1.66. The van der Waals surface area contributed by atoms with Gasteiger partial charge < -0.3 is 23.8 Å². The first-order valence-electron chi connectivity index (χ1n) is 10.6. The quantitative estimate of drug-likeness (QED) is 0.650. The van der Waals surface area contributed by atoms with Gasteiger partial charge in [-0.1, -0.05) is 12.1 Å². The number of sulfonamides is 1. The van der Waals surface area contributed by atoms with Gasteiger partial charge >= 0.3 is 5.97 Å². The Labute approximate surface area is 182 Å². The van der Waals surface area contributed by atoms with Crippen LogP contribution in [0.3, 0.4) is 0 Å². The first-order valence-corrected chi connectivity index (χ1v) is 12.1. The third-order valence-electron chi connectivity index (χ3n) is 5.65. The van der Waals surface area contributed by atoms with Crippen LogP contribution in [0.2, 0.25) is 0 Å². The monoisotopic (exact) mass is 452 g/mol. The number of esters is 1. The van der Waals surface area contributed by atoms with E-state index in [2.05, 4.69) is 9.62 Å². The smallest absolute Gasteiger partial charge is 0.335 e. The normalized spacial score (nSPS) is 23.5. The van der Waals surface area contributed by atoms with Crippen LogP contribution < -0.4 is 9.62 Å². The fraction of sp³-hybridized carbons (Fsp3) is 0.571. The standard InChI is InChI=1S/C21H28N2O7S/c1-2-28-20(24)16-15-21(29-13-14-30-21)8-7-19(16)31(25,26)22-17-5-3-4-6-18(17)23-9-11-27-12-10-23/h3-6,15,19,22H,2,7-14H2,1H3. The SMILES string of the molecule is CCOC(=O)C1=CC2(CCC1S(=O)(=O)Nc1ccccc1N1CCOCC1)OCCO2. The van der Waals surface area contributed by atoms with Crippen molar-refractivity contribution in [3.8, 4) is 0 Å². The van der Waals surface area contributed by atoms with Gasteiger partial charge in [0.15, 0.2) is 5.79 Å². The third-order valence-corrected chi connectivity index (χ3v) is 7.39. The molecule has 2 heterocycles. The molecule has 10 heteroatoms. The molecule has 2 fully saturated rings. The van der Waals surface area contributed by atoms with Gasteiger partial charge in [0.25, 0.3) is 0 Å². The molecule has 2 aliphatic heterocycles. The second-order valence-electron chi connectivity index (χ2n) is 7.62. The second-order valence-corrected chi connectivity index (χ2v) is 9.48. The Kier molecular flexibility index (Phi) is 6.52. The molecule has 1 unspecified atom stereocenters.